The van der Waals surface area contributed by atoms with Crippen LogP contribution in [0.4, 0.5) is 0 Å². The number of nitrogens with one attached hydrogen (secondary N) is 2. The second-order valence-corrected chi connectivity index (χ2v) is 3.22. The molecule has 0 aliphatic carbocycles. The number of hydroxylamine groups is 1. The lowest BCUT2D eigenvalue weighted by molar-refractivity contribution is -0.133. The summed E-state index contributed by atoms with van der Waals surface area (Å²) in [4.78, 5) is 16.2. The van der Waals surface area contributed by atoms with Crippen LogP contribution in [0.25, 0.3) is 0 Å². The quantitative estimate of drug-likeness (QED) is 0.409. The van der Waals surface area contributed by atoms with Crippen molar-refractivity contribution in [1.29, 1.82) is 0 Å². The molecule has 0 radical (unpaired) electrons. The summed E-state index contributed by atoms with van der Waals surface area (Å²) in [6, 6.07) is 9.64. The van der Waals surface area contributed by atoms with E-state index in [2.05, 4.69) is 17.4 Å². The summed E-state index contributed by atoms with van der Waals surface area (Å²) in [7, 11) is 0. The van der Waals surface area contributed by atoms with Gasteiger partial charge in [-0.05, 0) is 5.56 Å². The van der Waals surface area contributed by atoms with Crippen molar-refractivity contribution in [2.45, 2.75) is 6.61 Å². The Morgan fingerprint density at radius 1 is 1.38 bits per heavy atom. The van der Waals surface area contributed by atoms with Crippen molar-refractivity contribution >= 4 is 5.91 Å². The maximum Gasteiger partial charge on any atom is 0.257 e. The number of benzene rings is 1. The molecule has 0 saturated carbocycles. The van der Waals surface area contributed by atoms with Gasteiger partial charge < -0.3 is 5.32 Å². The van der Waals surface area contributed by atoms with Crippen molar-refractivity contribution in [1.82, 2.24) is 10.8 Å². The van der Waals surface area contributed by atoms with Crippen LogP contribution in [0.15, 0.2) is 43.0 Å². The average Bonchev–Trinajstić information content (AvgIpc) is 2.31. The smallest absolute Gasteiger partial charge is 0.257 e. The standard InChI is InChI=1S/C12H16N2O2/c1-2-8-13-9-12(15)14-16-10-11-6-4-3-5-7-11/h2-7,13H,1,8-10H2,(H,14,15). The second-order valence-electron chi connectivity index (χ2n) is 3.22. The minimum Gasteiger partial charge on any atom is -0.305 e. The van der Waals surface area contributed by atoms with Crippen molar-refractivity contribution < 1.29 is 9.63 Å². The van der Waals surface area contributed by atoms with E-state index in [1.165, 1.54) is 0 Å². The summed E-state index contributed by atoms with van der Waals surface area (Å²) in [5, 5.41) is 2.87. The van der Waals surface area contributed by atoms with Crippen LogP contribution in [0.2, 0.25) is 0 Å². The van der Waals surface area contributed by atoms with E-state index in [4.69, 9.17) is 4.84 Å². The van der Waals surface area contributed by atoms with Gasteiger partial charge in [0, 0.05) is 6.54 Å². The molecule has 1 rings (SSSR count). The highest BCUT2D eigenvalue weighted by Gasteiger charge is 1.99. The Bertz CT molecular complexity index is 325. The van der Waals surface area contributed by atoms with Crippen LogP contribution in [0.1, 0.15) is 5.56 Å². The number of hydrogen-bond acceptors (Lipinski definition) is 3. The number of rotatable bonds is 7. The molecule has 4 heteroatoms. The molecule has 0 saturated heterocycles. The summed E-state index contributed by atoms with van der Waals surface area (Å²) >= 11 is 0. The van der Waals surface area contributed by atoms with E-state index in [1.54, 1.807) is 6.08 Å². The SMILES string of the molecule is C=CCNCC(=O)NOCc1ccccc1. The van der Waals surface area contributed by atoms with Crippen molar-refractivity contribution in [2.24, 2.45) is 0 Å². The molecule has 0 atom stereocenters. The third-order valence-corrected chi connectivity index (χ3v) is 1.84. The van der Waals surface area contributed by atoms with Gasteiger partial charge in [-0.1, -0.05) is 36.4 Å². The normalized spacial score (nSPS) is 9.75. The maximum atomic E-state index is 11.2. The maximum absolute atomic E-state index is 11.2. The Kier molecular flexibility index (Phi) is 5.91. The zero-order valence-corrected chi connectivity index (χ0v) is 9.11. The first-order valence-electron chi connectivity index (χ1n) is 5.09. The Hall–Kier alpha value is -1.65. The van der Waals surface area contributed by atoms with E-state index < -0.39 is 0 Å². The van der Waals surface area contributed by atoms with Gasteiger partial charge >= 0.3 is 0 Å². The fourth-order valence-electron chi connectivity index (χ4n) is 1.10. The summed E-state index contributed by atoms with van der Waals surface area (Å²) < 4.78 is 0. The molecular weight excluding hydrogens is 204 g/mol. The molecule has 1 aromatic carbocycles. The van der Waals surface area contributed by atoms with Crippen LogP contribution in [-0.4, -0.2) is 19.0 Å². The molecule has 0 bridgehead atoms. The molecule has 1 amide bonds. The highest BCUT2D eigenvalue weighted by atomic mass is 16.6. The van der Waals surface area contributed by atoms with Crippen LogP contribution < -0.4 is 10.8 Å². The summed E-state index contributed by atoms with van der Waals surface area (Å²) in [5.74, 6) is -0.196. The van der Waals surface area contributed by atoms with E-state index in [-0.39, 0.29) is 12.5 Å². The summed E-state index contributed by atoms with van der Waals surface area (Å²) in [6.07, 6.45) is 1.69. The Morgan fingerprint density at radius 3 is 2.81 bits per heavy atom. The Morgan fingerprint density at radius 2 is 2.12 bits per heavy atom. The second kappa shape index (κ2) is 7.62. The van der Waals surface area contributed by atoms with Gasteiger partial charge in [-0.25, -0.2) is 5.48 Å². The van der Waals surface area contributed by atoms with Gasteiger partial charge in [0.25, 0.3) is 5.91 Å². The van der Waals surface area contributed by atoms with Crippen molar-refractivity contribution in [3.8, 4) is 0 Å². The first kappa shape index (κ1) is 12.4. The predicted octanol–water partition coefficient (Wildman–Crippen LogP) is 1.01. The highest BCUT2D eigenvalue weighted by molar-refractivity contribution is 5.76. The largest absolute Gasteiger partial charge is 0.305 e. The molecule has 86 valence electrons. The molecule has 0 unspecified atom stereocenters. The molecule has 2 N–H and O–H groups in total. The average molecular weight is 220 g/mol. The van der Waals surface area contributed by atoms with Gasteiger partial charge in [0.2, 0.25) is 0 Å². The van der Waals surface area contributed by atoms with Gasteiger partial charge in [-0.3, -0.25) is 9.63 Å². The number of amides is 1. The van der Waals surface area contributed by atoms with E-state index >= 15 is 0 Å². The molecular formula is C12H16N2O2. The molecule has 0 aliphatic heterocycles. The first-order valence-corrected chi connectivity index (χ1v) is 5.09. The van der Waals surface area contributed by atoms with Crippen molar-refractivity contribution in [2.75, 3.05) is 13.1 Å². The number of hydrogen-bond donors (Lipinski definition) is 2. The fourth-order valence-corrected chi connectivity index (χ4v) is 1.10. The summed E-state index contributed by atoms with van der Waals surface area (Å²) in [6.45, 7) is 4.73. The number of carbonyl (C=O) groups is 1. The van der Waals surface area contributed by atoms with Crippen LogP contribution in [0, 0.1) is 0 Å². The summed E-state index contributed by atoms with van der Waals surface area (Å²) in [5.41, 5.74) is 3.37. The molecule has 1 aromatic rings. The molecule has 0 aliphatic rings. The van der Waals surface area contributed by atoms with Gasteiger partial charge in [-0.15, -0.1) is 6.58 Å². The third-order valence-electron chi connectivity index (χ3n) is 1.84. The van der Waals surface area contributed by atoms with Gasteiger partial charge in [0.1, 0.15) is 0 Å². The zero-order valence-electron chi connectivity index (χ0n) is 9.11. The van der Waals surface area contributed by atoms with E-state index in [0.717, 1.165) is 5.56 Å². The van der Waals surface area contributed by atoms with E-state index in [1.807, 2.05) is 30.3 Å². The third kappa shape index (κ3) is 5.29. The lowest BCUT2D eigenvalue weighted by atomic mass is 10.2. The van der Waals surface area contributed by atoms with Crippen LogP contribution in [-0.2, 0) is 16.2 Å². The van der Waals surface area contributed by atoms with Gasteiger partial charge in [-0.2, -0.15) is 0 Å². The molecule has 4 nitrogen and oxygen atoms in total. The highest BCUT2D eigenvalue weighted by Crippen LogP contribution is 1.98. The van der Waals surface area contributed by atoms with Crippen LogP contribution in [0.3, 0.4) is 0 Å². The minimum absolute atomic E-state index is 0.196. The van der Waals surface area contributed by atoms with E-state index in [9.17, 15) is 4.79 Å². The zero-order chi connectivity index (χ0) is 11.6. The molecule has 16 heavy (non-hydrogen) atoms. The monoisotopic (exact) mass is 220 g/mol. The fraction of sp³-hybridized carbons (Fsp3) is 0.250. The number of carbonyl (C=O) groups excluding carboxylic acids is 1. The lowest BCUT2D eigenvalue weighted by Gasteiger charge is -2.05. The van der Waals surface area contributed by atoms with Crippen molar-refractivity contribution in [3.05, 3.63) is 48.6 Å². The predicted molar refractivity (Wildman–Crippen MR) is 62.4 cm³/mol. The van der Waals surface area contributed by atoms with Gasteiger partial charge in [0.05, 0.1) is 13.2 Å². The molecule has 0 heterocycles. The molecule has 0 aromatic heterocycles. The minimum atomic E-state index is -0.196. The first-order chi connectivity index (χ1) is 7.83. The van der Waals surface area contributed by atoms with Gasteiger partial charge in [0.15, 0.2) is 0 Å². The molecule has 0 fully saturated rings. The van der Waals surface area contributed by atoms with Crippen LogP contribution >= 0.6 is 0 Å². The van der Waals surface area contributed by atoms with E-state index in [0.29, 0.717) is 13.2 Å². The lowest BCUT2D eigenvalue weighted by Crippen LogP contribution is -2.33. The Balaban J connectivity index is 2.11. The Labute approximate surface area is 95.3 Å². The molecule has 0 spiro atoms. The van der Waals surface area contributed by atoms with Crippen molar-refractivity contribution in [3.63, 3.8) is 0 Å². The topological polar surface area (TPSA) is 50.4 Å². The van der Waals surface area contributed by atoms with Crippen LogP contribution in [0.5, 0.6) is 0 Å².